The lowest BCUT2D eigenvalue weighted by Crippen LogP contribution is -1.87. The van der Waals surface area contributed by atoms with Gasteiger partial charge >= 0.3 is 0 Å². The fraction of sp³-hybridized carbons (Fsp3) is 0. The lowest BCUT2D eigenvalue weighted by molar-refractivity contribution is 0.422. The second-order valence-corrected chi connectivity index (χ2v) is 1.85. The van der Waals surface area contributed by atoms with Gasteiger partial charge in [0.05, 0.1) is 0 Å². The molecule has 0 unspecified atom stereocenters. The van der Waals surface area contributed by atoms with Crippen LogP contribution in [0, 0.1) is 0 Å². The Morgan fingerprint density at radius 3 is 2.64 bits per heavy atom. The van der Waals surface area contributed by atoms with Crippen LogP contribution in [-0.2, 0) is 0 Å². The molecule has 0 spiro atoms. The minimum atomic E-state index is 0.522. The molecule has 0 saturated carbocycles. The average Bonchev–Trinajstić information content (AvgIpc) is 2.58. The summed E-state index contributed by atoms with van der Waals surface area (Å²) in [5.74, 6) is 0.522. The molecule has 5 nitrogen and oxygen atoms in total. The third kappa shape index (κ3) is 1.07. The molecular formula is C6H4N4O. The molecule has 0 radical (unpaired) electrons. The van der Waals surface area contributed by atoms with E-state index in [2.05, 4.69) is 24.6 Å². The van der Waals surface area contributed by atoms with Gasteiger partial charge in [0.15, 0.2) is 11.5 Å². The maximum Gasteiger partial charge on any atom is 0.184 e. The minimum Gasteiger partial charge on any atom is -0.364 e. The maximum absolute atomic E-state index is 4.62. The van der Waals surface area contributed by atoms with Crippen LogP contribution in [0.25, 0.3) is 11.5 Å². The van der Waals surface area contributed by atoms with Gasteiger partial charge in [0, 0.05) is 6.07 Å². The summed E-state index contributed by atoms with van der Waals surface area (Å²) in [4.78, 5) is 11.4. The first kappa shape index (κ1) is 5.96. The highest BCUT2D eigenvalue weighted by Gasteiger charge is 2.01. The fourth-order valence-corrected chi connectivity index (χ4v) is 0.699. The monoisotopic (exact) mass is 148 g/mol. The van der Waals surface area contributed by atoms with Crippen molar-refractivity contribution in [2.45, 2.75) is 0 Å². The Bertz CT molecular complexity index is 318. The van der Waals surface area contributed by atoms with Crippen LogP contribution in [0.15, 0.2) is 29.5 Å². The Balaban J connectivity index is 2.46. The first-order valence-corrected chi connectivity index (χ1v) is 2.99. The van der Waals surface area contributed by atoms with Crippen molar-refractivity contribution in [2.75, 3.05) is 0 Å². The van der Waals surface area contributed by atoms with Crippen LogP contribution in [0.4, 0.5) is 0 Å². The summed E-state index contributed by atoms with van der Waals surface area (Å²) in [6.45, 7) is 0. The number of aromatic nitrogens is 4. The van der Waals surface area contributed by atoms with Crippen LogP contribution in [0.1, 0.15) is 0 Å². The number of rotatable bonds is 1. The Labute approximate surface area is 62.1 Å². The van der Waals surface area contributed by atoms with E-state index in [1.165, 1.54) is 18.9 Å². The van der Waals surface area contributed by atoms with Gasteiger partial charge < -0.3 is 4.52 Å². The van der Waals surface area contributed by atoms with Crippen LogP contribution in [0.3, 0.4) is 0 Å². The van der Waals surface area contributed by atoms with Crippen molar-refractivity contribution in [3.05, 3.63) is 25.0 Å². The molecule has 2 rings (SSSR count). The van der Waals surface area contributed by atoms with E-state index in [-0.39, 0.29) is 0 Å². The molecule has 0 aliphatic heterocycles. The van der Waals surface area contributed by atoms with Crippen LogP contribution in [0.2, 0.25) is 0 Å². The topological polar surface area (TPSA) is 64.7 Å². The summed E-state index contributed by atoms with van der Waals surface area (Å²) in [5.41, 5.74) is 0.618. The first-order chi connectivity index (χ1) is 5.47. The molecule has 0 fully saturated rings. The van der Waals surface area contributed by atoms with Gasteiger partial charge in [-0.25, -0.2) is 15.0 Å². The quantitative estimate of drug-likeness (QED) is 0.590. The molecule has 0 saturated heterocycles. The highest BCUT2D eigenvalue weighted by molar-refractivity contribution is 5.45. The average molecular weight is 148 g/mol. The fourth-order valence-electron chi connectivity index (χ4n) is 0.699. The highest BCUT2D eigenvalue weighted by Crippen LogP contribution is 2.07. The van der Waals surface area contributed by atoms with E-state index in [4.69, 9.17) is 0 Å². The van der Waals surface area contributed by atoms with Crippen molar-refractivity contribution in [2.24, 2.45) is 0 Å². The zero-order valence-electron chi connectivity index (χ0n) is 5.51. The maximum atomic E-state index is 4.62. The SMILES string of the molecule is c1ncnc(-c2ccon2)n1. The van der Waals surface area contributed by atoms with Gasteiger partial charge in [0.25, 0.3) is 0 Å². The molecule has 54 valence electrons. The van der Waals surface area contributed by atoms with E-state index in [1.54, 1.807) is 6.07 Å². The normalized spacial score (nSPS) is 9.82. The largest absolute Gasteiger partial charge is 0.364 e. The van der Waals surface area contributed by atoms with Crippen molar-refractivity contribution in [1.82, 2.24) is 20.1 Å². The van der Waals surface area contributed by atoms with Crippen LogP contribution in [-0.4, -0.2) is 20.1 Å². The Morgan fingerprint density at radius 1 is 1.18 bits per heavy atom. The molecule has 0 atom stereocenters. The predicted molar refractivity (Wildman–Crippen MR) is 35.3 cm³/mol. The van der Waals surface area contributed by atoms with Gasteiger partial charge in [-0.15, -0.1) is 0 Å². The summed E-state index contributed by atoms with van der Waals surface area (Å²) in [5, 5.41) is 3.66. The molecule has 0 N–H and O–H groups in total. The molecule has 11 heavy (non-hydrogen) atoms. The van der Waals surface area contributed by atoms with Crippen LogP contribution >= 0.6 is 0 Å². The van der Waals surface area contributed by atoms with Gasteiger partial charge in [0.2, 0.25) is 0 Å². The molecule has 2 heterocycles. The van der Waals surface area contributed by atoms with Crippen molar-refractivity contribution in [3.8, 4) is 11.5 Å². The smallest absolute Gasteiger partial charge is 0.184 e. The van der Waals surface area contributed by atoms with E-state index in [0.29, 0.717) is 11.5 Å². The highest BCUT2D eigenvalue weighted by atomic mass is 16.5. The molecule has 0 amide bonds. The standard InChI is InChI=1S/C6H4N4O/c1-2-11-10-5(1)6-8-3-7-4-9-6/h1-4H. The lowest BCUT2D eigenvalue weighted by atomic mass is 10.4. The van der Waals surface area contributed by atoms with Crippen molar-refractivity contribution in [1.29, 1.82) is 0 Å². The first-order valence-electron chi connectivity index (χ1n) is 2.99. The van der Waals surface area contributed by atoms with Crippen molar-refractivity contribution >= 4 is 0 Å². The van der Waals surface area contributed by atoms with Crippen LogP contribution < -0.4 is 0 Å². The van der Waals surface area contributed by atoms with Crippen molar-refractivity contribution < 1.29 is 4.52 Å². The molecule has 5 heteroatoms. The summed E-state index contributed by atoms with van der Waals surface area (Å²) in [6, 6.07) is 1.69. The number of nitrogens with zero attached hydrogens (tertiary/aromatic N) is 4. The third-order valence-corrected chi connectivity index (χ3v) is 1.16. The zero-order valence-corrected chi connectivity index (χ0v) is 5.51. The van der Waals surface area contributed by atoms with E-state index in [9.17, 15) is 0 Å². The summed E-state index contributed by atoms with van der Waals surface area (Å²) < 4.78 is 4.62. The third-order valence-electron chi connectivity index (χ3n) is 1.16. The summed E-state index contributed by atoms with van der Waals surface area (Å²) >= 11 is 0. The predicted octanol–water partition coefficient (Wildman–Crippen LogP) is 0.527. The Morgan fingerprint density at radius 2 is 2.00 bits per heavy atom. The van der Waals surface area contributed by atoms with E-state index >= 15 is 0 Å². The molecular weight excluding hydrogens is 144 g/mol. The number of hydrogen-bond acceptors (Lipinski definition) is 5. The van der Waals surface area contributed by atoms with E-state index in [0.717, 1.165) is 0 Å². The van der Waals surface area contributed by atoms with Gasteiger partial charge in [-0.2, -0.15) is 0 Å². The molecule has 0 aliphatic rings. The second-order valence-electron chi connectivity index (χ2n) is 1.85. The van der Waals surface area contributed by atoms with Crippen LogP contribution in [0.5, 0.6) is 0 Å². The van der Waals surface area contributed by atoms with Gasteiger partial charge in [-0.05, 0) is 0 Å². The van der Waals surface area contributed by atoms with Crippen molar-refractivity contribution in [3.63, 3.8) is 0 Å². The van der Waals surface area contributed by atoms with E-state index < -0.39 is 0 Å². The second kappa shape index (κ2) is 2.45. The molecule has 0 aliphatic carbocycles. The summed E-state index contributed by atoms with van der Waals surface area (Å²) in [6.07, 6.45) is 4.30. The van der Waals surface area contributed by atoms with Gasteiger partial charge in [-0.3, -0.25) is 0 Å². The molecule has 0 bridgehead atoms. The molecule has 2 aromatic heterocycles. The minimum absolute atomic E-state index is 0.522. The summed E-state index contributed by atoms with van der Waals surface area (Å²) in [7, 11) is 0. The van der Waals surface area contributed by atoms with E-state index in [1.807, 2.05) is 0 Å². The van der Waals surface area contributed by atoms with Gasteiger partial charge in [0.1, 0.15) is 18.9 Å². The lowest BCUT2D eigenvalue weighted by Gasteiger charge is -1.88. The Kier molecular flexibility index (Phi) is 1.33. The zero-order chi connectivity index (χ0) is 7.52. The van der Waals surface area contributed by atoms with Gasteiger partial charge in [-0.1, -0.05) is 5.16 Å². The number of hydrogen-bond donors (Lipinski definition) is 0. The molecule has 2 aromatic rings. The Hall–Kier alpha value is -1.78. The molecule has 0 aromatic carbocycles.